The number of ether oxygens (including phenoxy) is 2. The van der Waals surface area contributed by atoms with Gasteiger partial charge in [-0.1, -0.05) is 26.8 Å². The Morgan fingerprint density at radius 3 is 2.48 bits per heavy atom. The van der Waals surface area contributed by atoms with E-state index in [4.69, 9.17) is 9.47 Å². The Kier molecular flexibility index (Phi) is 13.0. The van der Waals surface area contributed by atoms with Gasteiger partial charge in [0.25, 0.3) is 0 Å². The SMILES string of the molecule is CCCOc1ccc(C(C)NC(=NC)NCCn2cnnc2CC)cc1OCCC.I. The molecule has 0 aliphatic rings. The van der Waals surface area contributed by atoms with E-state index in [9.17, 15) is 0 Å². The van der Waals surface area contributed by atoms with Crippen molar-refractivity contribution in [1.29, 1.82) is 0 Å². The maximum Gasteiger partial charge on any atom is 0.191 e. The standard InChI is InChI=1S/C22H36N6O2.HI/c1-6-13-29-19-10-9-18(15-20(19)30-14-7-2)17(4)26-22(23-5)24-11-12-28-16-25-27-21(28)8-3;/h9-10,15-17H,6-8,11-14H2,1-5H3,(H2,23,24,26);1H. The lowest BCUT2D eigenvalue weighted by Gasteiger charge is -2.20. The third kappa shape index (κ3) is 8.54. The third-order valence-electron chi connectivity index (χ3n) is 4.63. The van der Waals surface area contributed by atoms with Crippen LogP contribution in [0.3, 0.4) is 0 Å². The largest absolute Gasteiger partial charge is 0.490 e. The van der Waals surface area contributed by atoms with Gasteiger partial charge in [0.2, 0.25) is 0 Å². The summed E-state index contributed by atoms with van der Waals surface area (Å²) < 4.78 is 13.8. The summed E-state index contributed by atoms with van der Waals surface area (Å²) in [5.41, 5.74) is 1.11. The molecule has 1 atom stereocenters. The molecular formula is C22H37IN6O2. The smallest absolute Gasteiger partial charge is 0.191 e. The molecule has 0 saturated heterocycles. The Hall–Kier alpha value is -2.04. The Bertz CT molecular complexity index is 796. The Balaban J connectivity index is 0.00000480. The summed E-state index contributed by atoms with van der Waals surface area (Å²) >= 11 is 0. The number of nitrogens with one attached hydrogen (secondary N) is 2. The van der Waals surface area contributed by atoms with E-state index in [0.29, 0.717) is 13.2 Å². The van der Waals surface area contributed by atoms with E-state index < -0.39 is 0 Å². The molecule has 0 radical (unpaired) electrons. The molecule has 0 aliphatic carbocycles. The molecule has 0 bridgehead atoms. The first-order valence-corrected chi connectivity index (χ1v) is 10.9. The fourth-order valence-electron chi connectivity index (χ4n) is 2.97. The van der Waals surface area contributed by atoms with Crippen molar-refractivity contribution < 1.29 is 9.47 Å². The number of hydrogen-bond donors (Lipinski definition) is 2. The van der Waals surface area contributed by atoms with Gasteiger partial charge in [0.05, 0.1) is 19.3 Å². The molecule has 1 unspecified atom stereocenters. The molecule has 0 aliphatic heterocycles. The summed E-state index contributed by atoms with van der Waals surface area (Å²) in [7, 11) is 1.77. The van der Waals surface area contributed by atoms with E-state index in [2.05, 4.69) is 70.2 Å². The third-order valence-corrected chi connectivity index (χ3v) is 4.63. The van der Waals surface area contributed by atoms with E-state index in [1.807, 2.05) is 6.07 Å². The highest BCUT2D eigenvalue weighted by molar-refractivity contribution is 14.0. The molecule has 174 valence electrons. The molecule has 0 amide bonds. The zero-order chi connectivity index (χ0) is 21.8. The molecule has 0 fully saturated rings. The first kappa shape index (κ1) is 27.0. The fraction of sp³-hybridized carbons (Fsp3) is 0.591. The number of aromatic nitrogens is 3. The second-order valence-corrected chi connectivity index (χ2v) is 7.06. The fourth-order valence-corrected chi connectivity index (χ4v) is 2.97. The lowest BCUT2D eigenvalue weighted by Crippen LogP contribution is -2.40. The van der Waals surface area contributed by atoms with Crippen molar-refractivity contribution in [1.82, 2.24) is 25.4 Å². The van der Waals surface area contributed by atoms with Crippen molar-refractivity contribution in [2.75, 3.05) is 26.8 Å². The van der Waals surface area contributed by atoms with Gasteiger partial charge in [-0.2, -0.15) is 0 Å². The minimum atomic E-state index is 0. The van der Waals surface area contributed by atoms with Crippen LogP contribution in [0.25, 0.3) is 0 Å². The normalized spacial score (nSPS) is 12.1. The van der Waals surface area contributed by atoms with Crippen molar-refractivity contribution in [2.45, 2.75) is 59.5 Å². The van der Waals surface area contributed by atoms with Gasteiger partial charge in [-0.25, -0.2) is 0 Å². The van der Waals surface area contributed by atoms with Gasteiger partial charge in [-0.3, -0.25) is 4.99 Å². The number of aryl methyl sites for hydroxylation is 1. The summed E-state index contributed by atoms with van der Waals surface area (Å²) in [6, 6.07) is 6.17. The van der Waals surface area contributed by atoms with Crippen LogP contribution in [0.2, 0.25) is 0 Å². The van der Waals surface area contributed by atoms with Crippen molar-refractivity contribution in [3.63, 3.8) is 0 Å². The molecule has 8 nitrogen and oxygen atoms in total. The highest BCUT2D eigenvalue weighted by atomic mass is 127. The van der Waals surface area contributed by atoms with Gasteiger partial charge >= 0.3 is 0 Å². The van der Waals surface area contributed by atoms with E-state index in [1.165, 1.54) is 0 Å². The number of aliphatic imine (C=N–C) groups is 1. The highest BCUT2D eigenvalue weighted by Crippen LogP contribution is 2.31. The zero-order valence-corrected chi connectivity index (χ0v) is 21.7. The maximum atomic E-state index is 5.92. The summed E-state index contributed by atoms with van der Waals surface area (Å²) in [6.07, 6.45) is 4.54. The van der Waals surface area contributed by atoms with E-state index >= 15 is 0 Å². The van der Waals surface area contributed by atoms with Gasteiger partial charge in [-0.15, -0.1) is 34.2 Å². The van der Waals surface area contributed by atoms with Crippen molar-refractivity contribution in [3.8, 4) is 11.5 Å². The summed E-state index contributed by atoms with van der Waals surface area (Å²) in [4.78, 5) is 4.34. The van der Waals surface area contributed by atoms with Crippen LogP contribution < -0.4 is 20.1 Å². The van der Waals surface area contributed by atoms with Gasteiger partial charge in [0.15, 0.2) is 17.5 Å². The van der Waals surface area contributed by atoms with Crippen LogP contribution in [-0.2, 0) is 13.0 Å². The van der Waals surface area contributed by atoms with E-state index in [0.717, 1.165) is 61.2 Å². The van der Waals surface area contributed by atoms with Gasteiger partial charge in [0, 0.05) is 26.6 Å². The number of rotatable bonds is 12. The van der Waals surface area contributed by atoms with Crippen molar-refractivity contribution >= 4 is 29.9 Å². The van der Waals surface area contributed by atoms with Crippen LogP contribution in [0.1, 0.15) is 58.0 Å². The molecular weight excluding hydrogens is 507 g/mol. The van der Waals surface area contributed by atoms with Crippen LogP contribution in [0.5, 0.6) is 11.5 Å². The molecule has 31 heavy (non-hydrogen) atoms. The maximum absolute atomic E-state index is 5.92. The molecule has 1 heterocycles. The monoisotopic (exact) mass is 544 g/mol. The predicted octanol–water partition coefficient (Wildman–Crippen LogP) is 3.96. The quantitative estimate of drug-likeness (QED) is 0.239. The molecule has 0 saturated carbocycles. The first-order chi connectivity index (χ1) is 14.6. The van der Waals surface area contributed by atoms with Crippen LogP contribution in [-0.4, -0.2) is 47.5 Å². The number of guanidine groups is 1. The number of hydrogen-bond acceptors (Lipinski definition) is 5. The lowest BCUT2D eigenvalue weighted by atomic mass is 10.1. The summed E-state index contributed by atoms with van der Waals surface area (Å²) in [5, 5.41) is 14.9. The Labute approximate surface area is 203 Å². The summed E-state index contributed by atoms with van der Waals surface area (Å²) in [5.74, 6) is 3.32. The van der Waals surface area contributed by atoms with Crippen LogP contribution in [0.4, 0.5) is 0 Å². The topological polar surface area (TPSA) is 85.6 Å². The minimum Gasteiger partial charge on any atom is -0.490 e. The van der Waals surface area contributed by atoms with E-state index in [1.54, 1.807) is 13.4 Å². The predicted molar refractivity (Wildman–Crippen MR) is 136 cm³/mol. The van der Waals surface area contributed by atoms with Crippen LogP contribution >= 0.6 is 24.0 Å². The van der Waals surface area contributed by atoms with Gasteiger partial charge in [-0.05, 0) is 37.5 Å². The molecule has 1 aromatic heterocycles. The second-order valence-electron chi connectivity index (χ2n) is 7.06. The second kappa shape index (κ2) is 14.9. The Morgan fingerprint density at radius 2 is 1.84 bits per heavy atom. The number of nitrogens with zero attached hydrogens (tertiary/aromatic N) is 4. The van der Waals surface area contributed by atoms with Crippen molar-refractivity contribution in [3.05, 3.63) is 35.9 Å². The van der Waals surface area contributed by atoms with Crippen LogP contribution in [0.15, 0.2) is 29.5 Å². The van der Waals surface area contributed by atoms with E-state index in [-0.39, 0.29) is 30.0 Å². The molecule has 1 aromatic carbocycles. The number of halogens is 1. The minimum absolute atomic E-state index is 0. The first-order valence-electron chi connectivity index (χ1n) is 10.9. The van der Waals surface area contributed by atoms with Gasteiger partial charge < -0.3 is 24.7 Å². The molecule has 2 N–H and O–H groups in total. The van der Waals surface area contributed by atoms with Crippen molar-refractivity contribution in [2.24, 2.45) is 4.99 Å². The molecule has 2 rings (SSSR count). The zero-order valence-electron chi connectivity index (χ0n) is 19.4. The molecule has 9 heteroatoms. The average molecular weight is 544 g/mol. The molecule has 2 aromatic rings. The number of benzene rings is 1. The lowest BCUT2D eigenvalue weighted by molar-refractivity contribution is 0.268. The average Bonchev–Trinajstić information content (AvgIpc) is 3.23. The van der Waals surface area contributed by atoms with Gasteiger partial charge in [0.1, 0.15) is 12.2 Å². The van der Waals surface area contributed by atoms with Crippen LogP contribution in [0, 0.1) is 0 Å². The summed E-state index contributed by atoms with van der Waals surface area (Å²) in [6.45, 7) is 11.2. The highest BCUT2D eigenvalue weighted by Gasteiger charge is 2.13. The Morgan fingerprint density at radius 1 is 1.13 bits per heavy atom. The molecule has 0 spiro atoms.